The Balaban J connectivity index is 0.000000305. The molecular weight excluding hydrogens is 746 g/mol. The highest BCUT2D eigenvalue weighted by Gasteiger charge is 2.52. The van der Waals surface area contributed by atoms with Crippen molar-refractivity contribution in [3.8, 4) is 0 Å². The van der Waals surface area contributed by atoms with Crippen LogP contribution in [0.5, 0.6) is 0 Å². The lowest BCUT2D eigenvalue weighted by atomic mass is 10.1. The summed E-state index contributed by atoms with van der Waals surface area (Å²) in [5.41, 5.74) is -6.01. The molecule has 0 amide bonds. The first kappa shape index (κ1) is 35.5. The maximum Gasteiger partial charge on any atom is 0.399 e. The summed E-state index contributed by atoms with van der Waals surface area (Å²) in [6, 6.07) is 15.8. The van der Waals surface area contributed by atoms with Crippen molar-refractivity contribution in [2.75, 3.05) is 0 Å². The molecule has 0 heterocycles. The van der Waals surface area contributed by atoms with Crippen molar-refractivity contribution >= 4 is 71.4 Å². The molecule has 0 fully saturated rings. The summed E-state index contributed by atoms with van der Waals surface area (Å²) >= 11 is 11.4. The highest BCUT2D eigenvalue weighted by molar-refractivity contribution is 9.10. The Kier molecular flexibility index (Phi) is 12.6. The third-order valence-corrected chi connectivity index (χ3v) is 9.98. The Labute approximate surface area is 255 Å². The van der Waals surface area contributed by atoms with Crippen molar-refractivity contribution in [1.82, 2.24) is 0 Å². The molecule has 0 radical (unpaired) electrons. The van der Waals surface area contributed by atoms with E-state index in [0.717, 1.165) is 23.4 Å². The van der Waals surface area contributed by atoms with Crippen LogP contribution in [-0.4, -0.2) is 19.6 Å². The van der Waals surface area contributed by atoms with E-state index < -0.39 is 37.6 Å². The largest absolute Gasteiger partial charge is 0.399 e. The summed E-state index contributed by atoms with van der Waals surface area (Å²) in [7, 11) is -11.1. The Morgan fingerprint density at radius 1 is 0.725 bits per heavy atom. The lowest BCUT2D eigenvalue weighted by molar-refractivity contribution is 0.0557. The van der Waals surface area contributed by atoms with Crippen LogP contribution >= 0.6 is 71.4 Å². The summed E-state index contributed by atoms with van der Waals surface area (Å²) in [5, 5.41) is 0. The molecule has 0 bridgehead atoms. The van der Waals surface area contributed by atoms with Gasteiger partial charge in [-0.3, -0.25) is 9.13 Å². The van der Waals surface area contributed by atoms with Gasteiger partial charge >= 0.3 is 26.5 Å². The minimum Gasteiger partial charge on any atom is -0.320 e. The summed E-state index contributed by atoms with van der Waals surface area (Å²) in [6.45, 7) is 2.02. The maximum absolute atomic E-state index is 13.8. The zero-order valence-electron chi connectivity index (χ0n) is 20.5. The van der Waals surface area contributed by atoms with Crippen LogP contribution in [-0.2, 0) is 37.7 Å². The fourth-order valence-corrected chi connectivity index (χ4v) is 6.89. The molecule has 16 heteroatoms. The molecule has 4 N–H and O–H groups in total. The van der Waals surface area contributed by atoms with Crippen LogP contribution in [0.15, 0.2) is 69.6 Å². The topological polar surface area (TPSA) is 115 Å². The number of aryl methyl sites for hydroxylation is 1. The minimum atomic E-state index is -5.57. The van der Waals surface area contributed by atoms with Crippen molar-refractivity contribution in [3.05, 3.63) is 103 Å². The van der Waals surface area contributed by atoms with Crippen LogP contribution in [0.1, 0.15) is 33.4 Å². The number of benzene rings is 3. The third-order valence-electron chi connectivity index (χ3n) is 5.29. The normalized spacial score (nSPS) is 12.6. The van der Waals surface area contributed by atoms with Crippen LogP contribution in [0.3, 0.4) is 0 Å². The van der Waals surface area contributed by atoms with Gasteiger partial charge in [-0.15, -0.1) is 0 Å². The third kappa shape index (κ3) is 9.17. The van der Waals surface area contributed by atoms with E-state index in [1.165, 1.54) is 35.4 Å². The second-order valence-corrected chi connectivity index (χ2v) is 14.7. The first-order chi connectivity index (χ1) is 18.3. The Hall–Kier alpha value is -0.660. The Bertz CT molecular complexity index is 1420. The molecule has 0 saturated carbocycles. The zero-order chi connectivity index (χ0) is 30.5. The summed E-state index contributed by atoms with van der Waals surface area (Å²) in [4.78, 5) is 34.8. The predicted molar refractivity (Wildman–Crippen MR) is 159 cm³/mol. The van der Waals surface area contributed by atoms with Crippen LogP contribution in [0.25, 0.3) is 0 Å². The SMILES string of the molecule is Cc1ccc(CSCc2ccc(C(F)(F)P(=O)(O)O)c(Br)c2)cc1.O=P(O)(O)C(F)(F)c1ccc(CS)cc1Br. The van der Waals surface area contributed by atoms with Crippen molar-refractivity contribution in [3.63, 3.8) is 0 Å². The second-order valence-electron chi connectivity index (χ2n) is 8.44. The molecule has 40 heavy (non-hydrogen) atoms. The van der Waals surface area contributed by atoms with Gasteiger partial charge in [0.15, 0.2) is 0 Å². The number of hydrogen-bond acceptors (Lipinski definition) is 4. The highest BCUT2D eigenvalue weighted by Crippen LogP contribution is 2.61. The first-order valence-electron chi connectivity index (χ1n) is 11.0. The number of alkyl halides is 4. The monoisotopic (exact) mass is 768 g/mol. The molecule has 3 aromatic rings. The van der Waals surface area contributed by atoms with Crippen LogP contribution in [0, 0.1) is 6.92 Å². The van der Waals surface area contributed by atoms with Crippen molar-refractivity contribution < 1.29 is 46.3 Å². The molecule has 0 aromatic heterocycles. The van der Waals surface area contributed by atoms with Gasteiger partial charge in [-0.05, 0) is 35.7 Å². The quantitative estimate of drug-likeness (QED) is 0.0843. The van der Waals surface area contributed by atoms with Gasteiger partial charge in [-0.2, -0.15) is 42.0 Å². The Morgan fingerprint density at radius 3 is 1.50 bits per heavy atom. The summed E-state index contributed by atoms with van der Waals surface area (Å²) < 4.78 is 75.8. The van der Waals surface area contributed by atoms with Gasteiger partial charge in [0.25, 0.3) is 0 Å². The van der Waals surface area contributed by atoms with E-state index in [9.17, 15) is 26.7 Å². The molecule has 0 spiro atoms. The molecule has 3 rings (SSSR count). The molecule has 0 aliphatic carbocycles. The zero-order valence-corrected chi connectivity index (χ0v) is 27.2. The number of hydrogen-bond donors (Lipinski definition) is 5. The van der Waals surface area contributed by atoms with E-state index in [2.05, 4.69) is 44.5 Å². The van der Waals surface area contributed by atoms with Crippen molar-refractivity contribution in [2.24, 2.45) is 0 Å². The first-order valence-corrected chi connectivity index (χ1v) is 17.6. The average molecular weight is 770 g/mol. The van der Waals surface area contributed by atoms with E-state index in [4.69, 9.17) is 19.6 Å². The highest BCUT2D eigenvalue weighted by atomic mass is 79.9. The lowest BCUT2D eigenvalue weighted by Crippen LogP contribution is -2.14. The molecule has 0 saturated heterocycles. The molecular formula is C24H24Br2F4O6P2S2. The number of rotatable bonds is 9. The standard InChI is InChI=1S/C16H16BrF2O3PS.C8H8BrF2O3PS/c1-11-2-4-12(5-3-11)9-24-10-13-6-7-14(15(17)8-13)16(18,19)23(20,21)22;9-7-3-5(4-16)1-2-6(7)8(10,11)15(12,13)14/h2-8H,9-10H2,1H3,(H2,20,21,22);1-3,16H,4H2,(H2,12,13,14). The van der Waals surface area contributed by atoms with E-state index in [1.54, 1.807) is 11.8 Å². The molecule has 0 aliphatic heterocycles. The van der Waals surface area contributed by atoms with Gasteiger partial charge in [-0.25, -0.2) is 0 Å². The maximum atomic E-state index is 13.8. The fraction of sp³-hybridized carbons (Fsp3) is 0.250. The van der Waals surface area contributed by atoms with Gasteiger partial charge in [0.2, 0.25) is 0 Å². The van der Waals surface area contributed by atoms with Crippen LogP contribution in [0.2, 0.25) is 0 Å². The van der Waals surface area contributed by atoms with E-state index in [1.807, 2.05) is 31.2 Å². The molecule has 0 aliphatic rings. The smallest absolute Gasteiger partial charge is 0.320 e. The van der Waals surface area contributed by atoms with E-state index in [0.29, 0.717) is 17.1 Å². The number of halogens is 6. The molecule has 3 aromatic carbocycles. The number of thiol groups is 1. The summed E-state index contributed by atoms with van der Waals surface area (Å²) in [5.74, 6) is 1.74. The van der Waals surface area contributed by atoms with Gasteiger partial charge in [0.1, 0.15) is 0 Å². The lowest BCUT2D eigenvalue weighted by Gasteiger charge is -2.19. The number of thioether (sulfide) groups is 1. The molecule has 0 atom stereocenters. The average Bonchev–Trinajstić information content (AvgIpc) is 2.84. The Morgan fingerprint density at radius 2 is 1.10 bits per heavy atom. The van der Waals surface area contributed by atoms with Crippen molar-refractivity contribution in [2.45, 2.75) is 35.5 Å². The molecule has 6 nitrogen and oxygen atoms in total. The van der Waals surface area contributed by atoms with Crippen molar-refractivity contribution in [1.29, 1.82) is 0 Å². The fourth-order valence-electron chi connectivity index (χ4n) is 3.08. The van der Waals surface area contributed by atoms with E-state index >= 15 is 0 Å². The van der Waals surface area contributed by atoms with Crippen LogP contribution in [0.4, 0.5) is 17.6 Å². The van der Waals surface area contributed by atoms with Gasteiger partial charge in [0.05, 0.1) is 0 Å². The van der Waals surface area contributed by atoms with Gasteiger partial charge < -0.3 is 19.6 Å². The van der Waals surface area contributed by atoms with Gasteiger partial charge in [0, 0.05) is 37.3 Å². The minimum absolute atomic E-state index is 0.00994. The van der Waals surface area contributed by atoms with Crippen LogP contribution < -0.4 is 0 Å². The molecule has 0 unspecified atom stereocenters. The van der Waals surface area contributed by atoms with Gasteiger partial charge in [-0.1, -0.05) is 86.0 Å². The summed E-state index contributed by atoms with van der Waals surface area (Å²) in [6.07, 6.45) is 0. The second kappa shape index (κ2) is 14.2. The van der Waals surface area contributed by atoms with E-state index in [-0.39, 0.29) is 8.95 Å². The predicted octanol–water partition coefficient (Wildman–Crippen LogP) is 8.52. The molecule has 220 valence electrons.